The molecule has 2 aromatic rings. The summed E-state index contributed by atoms with van der Waals surface area (Å²) in [6.45, 7) is 2.55. The number of benzene rings is 2. The van der Waals surface area contributed by atoms with Crippen molar-refractivity contribution in [1.29, 1.82) is 0 Å². The molecular weight excluding hydrogens is 454 g/mol. The summed E-state index contributed by atoms with van der Waals surface area (Å²) in [6, 6.07) is 13.5. The first-order valence-corrected chi connectivity index (χ1v) is 10.8. The van der Waals surface area contributed by atoms with Crippen LogP contribution in [0.5, 0.6) is 0 Å². The Kier molecular flexibility index (Phi) is 9.98. The Morgan fingerprint density at radius 1 is 0.771 bits per heavy atom. The number of rotatable bonds is 12. The van der Waals surface area contributed by atoms with Gasteiger partial charge in [-0.3, -0.25) is 24.0 Å². The monoisotopic (exact) mass is 481 g/mol. The minimum absolute atomic E-state index is 0.128. The number of carbonyl (C=O) groups excluding carboxylic acids is 6. The molecule has 0 unspecified atom stereocenters. The van der Waals surface area contributed by atoms with E-state index in [0.717, 1.165) is 0 Å². The van der Waals surface area contributed by atoms with Gasteiger partial charge in [-0.2, -0.15) is 0 Å². The van der Waals surface area contributed by atoms with Crippen LogP contribution in [0.25, 0.3) is 0 Å². The Morgan fingerprint density at radius 2 is 1.31 bits per heavy atom. The average molecular weight is 482 g/mol. The van der Waals surface area contributed by atoms with E-state index < -0.39 is 53.3 Å². The van der Waals surface area contributed by atoms with Crippen molar-refractivity contribution in [1.82, 2.24) is 10.6 Å². The van der Waals surface area contributed by atoms with E-state index in [2.05, 4.69) is 10.6 Å². The minimum Gasteiger partial charge on any atom is -0.455 e. The zero-order valence-electron chi connectivity index (χ0n) is 19.4. The van der Waals surface area contributed by atoms with E-state index in [0.29, 0.717) is 11.1 Å². The highest BCUT2D eigenvalue weighted by Crippen LogP contribution is 2.07. The summed E-state index contributed by atoms with van der Waals surface area (Å²) in [7, 11) is 0. The first-order valence-electron chi connectivity index (χ1n) is 10.8. The van der Waals surface area contributed by atoms with E-state index in [1.165, 1.54) is 13.8 Å². The predicted octanol–water partition coefficient (Wildman–Crippen LogP) is 0.0165. The van der Waals surface area contributed by atoms with Crippen LogP contribution in [0, 0.1) is 0 Å². The molecule has 0 fully saturated rings. The van der Waals surface area contributed by atoms with Gasteiger partial charge in [-0.05, 0) is 25.0 Å². The van der Waals surface area contributed by atoms with E-state index in [1.807, 2.05) is 0 Å². The second-order valence-corrected chi connectivity index (χ2v) is 7.85. The third-order valence-electron chi connectivity index (χ3n) is 4.91. The molecule has 0 aromatic heterocycles. The van der Waals surface area contributed by atoms with Gasteiger partial charge < -0.3 is 21.1 Å². The fraction of sp³-hybridized carbons (Fsp3) is 0.280. The smallest absolute Gasteiger partial charge is 0.383 e. The van der Waals surface area contributed by atoms with Crippen LogP contribution in [-0.2, 0) is 46.5 Å². The van der Waals surface area contributed by atoms with Crippen molar-refractivity contribution in [3.05, 3.63) is 71.8 Å². The van der Waals surface area contributed by atoms with Gasteiger partial charge in [0, 0.05) is 6.42 Å². The number of amides is 2. The molecule has 10 heteroatoms. The van der Waals surface area contributed by atoms with Crippen LogP contribution >= 0.6 is 0 Å². The van der Waals surface area contributed by atoms with E-state index in [4.69, 9.17) is 10.5 Å². The third-order valence-corrected chi connectivity index (χ3v) is 4.91. The molecule has 35 heavy (non-hydrogen) atoms. The summed E-state index contributed by atoms with van der Waals surface area (Å²) in [4.78, 5) is 74.1. The lowest BCUT2D eigenvalue weighted by Gasteiger charge is -2.21. The van der Waals surface area contributed by atoms with Gasteiger partial charge in [0.1, 0.15) is 12.6 Å². The van der Waals surface area contributed by atoms with E-state index in [-0.39, 0.29) is 13.0 Å². The molecule has 0 spiro atoms. The Hall–Kier alpha value is -4.18. The van der Waals surface area contributed by atoms with Gasteiger partial charge in [0.2, 0.25) is 17.6 Å². The van der Waals surface area contributed by atoms with Gasteiger partial charge >= 0.3 is 11.8 Å². The van der Waals surface area contributed by atoms with Crippen LogP contribution in [0.1, 0.15) is 25.0 Å². The van der Waals surface area contributed by atoms with Crippen LogP contribution < -0.4 is 16.4 Å². The van der Waals surface area contributed by atoms with E-state index >= 15 is 0 Å². The van der Waals surface area contributed by atoms with Crippen LogP contribution in [0.4, 0.5) is 0 Å². The second kappa shape index (κ2) is 12.9. The molecule has 0 saturated carbocycles. The normalized spacial score (nSPS) is 13.0. The quantitative estimate of drug-likeness (QED) is 0.217. The minimum atomic E-state index is -1.64. The average Bonchev–Trinajstić information content (AvgIpc) is 2.86. The highest BCUT2D eigenvalue weighted by Gasteiger charge is 2.36. The van der Waals surface area contributed by atoms with Gasteiger partial charge in [0.05, 0.1) is 12.1 Å². The van der Waals surface area contributed by atoms with Crippen LogP contribution in [0.2, 0.25) is 0 Å². The zero-order chi connectivity index (χ0) is 26.0. The number of hydrogen-bond donors (Lipinski definition) is 3. The van der Waals surface area contributed by atoms with Gasteiger partial charge in [-0.1, -0.05) is 60.7 Å². The molecule has 2 rings (SSSR count). The molecule has 0 saturated heterocycles. The SMILES string of the molecule is C[C@H](N)C(=O)N[C@@H](C)C(=O)N[C@@H](Cc1ccccc1)C(=O)C(=O)C(=O)C(=O)OCc1ccccc1. The van der Waals surface area contributed by atoms with Gasteiger partial charge in [-0.25, -0.2) is 4.79 Å². The molecule has 3 atom stereocenters. The maximum atomic E-state index is 12.9. The largest absolute Gasteiger partial charge is 0.455 e. The van der Waals surface area contributed by atoms with Crippen molar-refractivity contribution in [2.45, 2.75) is 45.0 Å². The molecular formula is C25H27N3O7. The summed E-state index contributed by atoms with van der Waals surface area (Å²) in [5.41, 5.74) is 6.65. The summed E-state index contributed by atoms with van der Waals surface area (Å²) in [6.07, 6.45) is -0.128. The molecule has 0 aliphatic rings. The predicted molar refractivity (Wildman–Crippen MR) is 125 cm³/mol. The first kappa shape index (κ1) is 27.1. The first-order chi connectivity index (χ1) is 16.6. The molecule has 2 aromatic carbocycles. The Balaban J connectivity index is 2.11. The number of hydrogen-bond acceptors (Lipinski definition) is 8. The lowest BCUT2D eigenvalue weighted by Crippen LogP contribution is -2.54. The molecule has 4 N–H and O–H groups in total. The summed E-state index contributed by atoms with van der Waals surface area (Å²) < 4.78 is 4.84. The van der Waals surface area contributed by atoms with Crippen molar-refractivity contribution in [3.8, 4) is 0 Å². The molecule has 0 bridgehead atoms. The van der Waals surface area contributed by atoms with Crippen molar-refractivity contribution in [2.24, 2.45) is 5.73 Å². The molecule has 10 nitrogen and oxygen atoms in total. The molecule has 0 aliphatic heterocycles. The zero-order valence-corrected chi connectivity index (χ0v) is 19.4. The molecule has 2 amide bonds. The van der Waals surface area contributed by atoms with Crippen LogP contribution in [-0.4, -0.2) is 53.3 Å². The number of nitrogens with one attached hydrogen (secondary N) is 2. The number of Topliss-reactive ketones (excluding diaryl/α,β-unsaturated/α-hetero) is 3. The van der Waals surface area contributed by atoms with Gasteiger partial charge in [-0.15, -0.1) is 0 Å². The molecule has 0 heterocycles. The molecule has 0 aliphatic carbocycles. The standard InChI is InChI=1S/C25H27N3O7/c1-15(26)23(32)27-16(2)24(33)28-19(13-17-9-5-3-6-10-17)20(29)21(30)22(31)25(34)35-14-18-11-7-4-8-12-18/h3-12,15-16,19H,13-14,26H2,1-2H3,(H,27,32)(H,28,33)/t15-,16-,19-/m0/s1. The van der Waals surface area contributed by atoms with Crippen molar-refractivity contribution in [3.63, 3.8) is 0 Å². The Morgan fingerprint density at radius 3 is 1.86 bits per heavy atom. The fourth-order valence-electron chi connectivity index (χ4n) is 2.92. The van der Waals surface area contributed by atoms with E-state index in [1.54, 1.807) is 60.7 Å². The third kappa shape index (κ3) is 8.27. The van der Waals surface area contributed by atoms with Crippen molar-refractivity contribution < 1.29 is 33.5 Å². The van der Waals surface area contributed by atoms with Gasteiger partial charge in [0.25, 0.3) is 5.78 Å². The number of carbonyl (C=O) groups is 6. The molecule has 184 valence electrons. The number of ketones is 3. The molecule has 0 radical (unpaired) electrons. The lowest BCUT2D eigenvalue weighted by atomic mass is 9.98. The highest BCUT2D eigenvalue weighted by atomic mass is 16.5. The van der Waals surface area contributed by atoms with E-state index in [9.17, 15) is 28.8 Å². The van der Waals surface area contributed by atoms with Gasteiger partial charge in [0.15, 0.2) is 0 Å². The summed E-state index contributed by atoms with van der Waals surface area (Å²) in [5.74, 6) is -7.39. The van der Waals surface area contributed by atoms with Crippen molar-refractivity contribution >= 4 is 35.1 Å². The number of nitrogens with two attached hydrogens (primary N) is 1. The lowest BCUT2D eigenvalue weighted by molar-refractivity contribution is -0.159. The maximum Gasteiger partial charge on any atom is 0.383 e. The number of ether oxygens (including phenoxy) is 1. The Labute approximate surface area is 202 Å². The Bertz CT molecular complexity index is 1080. The number of esters is 1. The summed E-state index contributed by atoms with van der Waals surface area (Å²) >= 11 is 0. The van der Waals surface area contributed by atoms with Crippen LogP contribution in [0.3, 0.4) is 0 Å². The maximum absolute atomic E-state index is 12.9. The van der Waals surface area contributed by atoms with Crippen molar-refractivity contribution in [2.75, 3.05) is 0 Å². The summed E-state index contributed by atoms with van der Waals surface area (Å²) in [5, 5.41) is 4.75. The van der Waals surface area contributed by atoms with Crippen LogP contribution in [0.15, 0.2) is 60.7 Å². The second-order valence-electron chi connectivity index (χ2n) is 7.85. The fourth-order valence-corrected chi connectivity index (χ4v) is 2.92. The topological polar surface area (TPSA) is 162 Å². The highest BCUT2D eigenvalue weighted by molar-refractivity contribution is 6.77.